The summed E-state index contributed by atoms with van der Waals surface area (Å²) in [5.74, 6) is 1.88. The zero-order valence-electron chi connectivity index (χ0n) is 13.8. The molecule has 0 aromatic heterocycles. The van der Waals surface area contributed by atoms with Gasteiger partial charge in [-0.25, -0.2) is 0 Å². The Hall–Kier alpha value is -0.610. The lowest BCUT2D eigenvalue weighted by molar-refractivity contribution is -0.126. The number of amides is 1. The summed E-state index contributed by atoms with van der Waals surface area (Å²) >= 11 is 0. The molecule has 4 nitrogen and oxygen atoms in total. The summed E-state index contributed by atoms with van der Waals surface area (Å²) in [6, 6.07) is 0.604. The molecular weight excluding hydrogens is 262 g/mol. The number of nitrogens with zero attached hydrogens (tertiary/aromatic N) is 1. The lowest BCUT2D eigenvalue weighted by atomic mass is 9.75. The molecule has 1 heterocycles. The normalized spacial score (nSPS) is 34.6. The number of carbonyl (C=O) groups is 1. The molecule has 4 atom stereocenters. The van der Waals surface area contributed by atoms with E-state index in [0.29, 0.717) is 12.0 Å². The van der Waals surface area contributed by atoms with Gasteiger partial charge in [-0.3, -0.25) is 9.69 Å². The van der Waals surface area contributed by atoms with Crippen molar-refractivity contribution in [3.8, 4) is 0 Å². The van der Waals surface area contributed by atoms with E-state index in [-0.39, 0.29) is 11.8 Å². The standard InChI is InChI=1S/C17H33N3O/c1-3-5-13-7-8-14(11-18)16(10-13)20-9-4-6-15(12-20)17(21)19-2/h13-16H,3-12,18H2,1-2H3,(H,19,21). The van der Waals surface area contributed by atoms with E-state index in [1.165, 1.54) is 32.1 Å². The molecule has 0 radical (unpaired) electrons. The molecule has 0 bridgehead atoms. The molecule has 1 saturated heterocycles. The maximum atomic E-state index is 12.0. The van der Waals surface area contributed by atoms with Crippen LogP contribution in [0.1, 0.15) is 51.9 Å². The first kappa shape index (κ1) is 16.8. The van der Waals surface area contributed by atoms with E-state index >= 15 is 0 Å². The Labute approximate surface area is 129 Å². The Morgan fingerprint density at radius 3 is 2.81 bits per heavy atom. The molecular formula is C17H33N3O. The minimum absolute atomic E-state index is 0.175. The molecule has 1 aliphatic heterocycles. The van der Waals surface area contributed by atoms with Gasteiger partial charge in [-0.1, -0.05) is 26.2 Å². The van der Waals surface area contributed by atoms with Crippen molar-refractivity contribution in [3.63, 3.8) is 0 Å². The number of carbonyl (C=O) groups excluding carboxylic acids is 1. The van der Waals surface area contributed by atoms with Gasteiger partial charge in [-0.05, 0) is 50.6 Å². The second kappa shape index (κ2) is 8.14. The average Bonchev–Trinajstić information content (AvgIpc) is 2.54. The van der Waals surface area contributed by atoms with E-state index in [0.717, 1.165) is 38.4 Å². The van der Waals surface area contributed by atoms with Crippen molar-refractivity contribution in [3.05, 3.63) is 0 Å². The van der Waals surface area contributed by atoms with Gasteiger partial charge in [0.15, 0.2) is 0 Å². The SMILES string of the molecule is CCCC1CCC(CN)C(N2CCCC(C(=O)NC)C2)C1. The van der Waals surface area contributed by atoms with Crippen LogP contribution in [0.25, 0.3) is 0 Å². The summed E-state index contributed by atoms with van der Waals surface area (Å²) < 4.78 is 0. The van der Waals surface area contributed by atoms with Crippen molar-refractivity contribution in [1.29, 1.82) is 0 Å². The molecule has 4 heteroatoms. The molecule has 21 heavy (non-hydrogen) atoms. The number of hydrogen-bond donors (Lipinski definition) is 2. The molecule has 4 unspecified atom stereocenters. The van der Waals surface area contributed by atoms with Gasteiger partial charge in [0.1, 0.15) is 0 Å². The molecule has 0 spiro atoms. The Bertz CT molecular complexity index is 334. The minimum atomic E-state index is 0.175. The maximum Gasteiger partial charge on any atom is 0.224 e. The van der Waals surface area contributed by atoms with E-state index < -0.39 is 0 Å². The molecule has 3 N–H and O–H groups in total. The van der Waals surface area contributed by atoms with E-state index in [1.807, 2.05) is 0 Å². The third-order valence-electron chi connectivity index (χ3n) is 5.60. The van der Waals surface area contributed by atoms with E-state index in [9.17, 15) is 4.79 Å². The summed E-state index contributed by atoms with van der Waals surface area (Å²) in [6.07, 6.45) is 8.72. The topological polar surface area (TPSA) is 58.4 Å². The summed E-state index contributed by atoms with van der Waals surface area (Å²) in [5.41, 5.74) is 6.03. The Morgan fingerprint density at radius 1 is 1.33 bits per heavy atom. The zero-order chi connectivity index (χ0) is 15.2. The molecule has 1 amide bonds. The second-order valence-electron chi connectivity index (χ2n) is 6.98. The summed E-state index contributed by atoms with van der Waals surface area (Å²) in [4.78, 5) is 14.5. The summed E-state index contributed by atoms with van der Waals surface area (Å²) in [7, 11) is 1.75. The van der Waals surface area contributed by atoms with Crippen molar-refractivity contribution < 1.29 is 4.79 Å². The van der Waals surface area contributed by atoms with Gasteiger partial charge in [0, 0.05) is 19.6 Å². The van der Waals surface area contributed by atoms with Crippen LogP contribution in [0.3, 0.4) is 0 Å². The Morgan fingerprint density at radius 2 is 2.14 bits per heavy atom. The summed E-state index contributed by atoms with van der Waals surface area (Å²) in [6.45, 7) is 5.16. The van der Waals surface area contributed by atoms with E-state index in [4.69, 9.17) is 5.73 Å². The first-order chi connectivity index (χ1) is 10.2. The van der Waals surface area contributed by atoms with Crippen LogP contribution in [0.4, 0.5) is 0 Å². The Kier molecular flexibility index (Phi) is 6.49. The van der Waals surface area contributed by atoms with Gasteiger partial charge in [-0.2, -0.15) is 0 Å². The first-order valence-electron chi connectivity index (χ1n) is 8.85. The van der Waals surface area contributed by atoms with Crippen LogP contribution < -0.4 is 11.1 Å². The quantitative estimate of drug-likeness (QED) is 0.815. The van der Waals surface area contributed by atoms with Crippen molar-refractivity contribution in [2.24, 2.45) is 23.5 Å². The Balaban J connectivity index is 2.00. The fourth-order valence-corrected chi connectivity index (χ4v) is 4.41. The average molecular weight is 295 g/mol. The van der Waals surface area contributed by atoms with Gasteiger partial charge < -0.3 is 11.1 Å². The molecule has 2 fully saturated rings. The molecule has 2 rings (SSSR count). The number of nitrogens with one attached hydrogen (secondary N) is 1. The lowest BCUT2D eigenvalue weighted by Crippen LogP contribution is -2.52. The van der Waals surface area contributed by atoms with Crippen molar-refractivity contribution in [2.45, 2.75) is 57.9 Å². The fraction of sp³-hybridized carbons (Fsp3) is 0.941. The number of likely N-dealkylation sites (tertiary alicyclic amines) is 1. The highest BCUT2D eigenvalue weighted by molar-refractivity contribution is 5.78. The second-order valence-corrected chi connectivity index (χ2v) is 6.98. The van der Waals surface area contributed by atoms with Crippen LogP contribution in [0.5, 0.6) is 0 Å². The van der Waals surface area contributed by atoms with Crippen LogP contribution in [0.2, 0.25) is 0 Å². The van der Waals surface area contributed by atoms with Gasteiger partial charge in [0.2, 0.25) is 5.91 Å². The first-order valence-corrected chi connectivity index (χ1v) is 8.85. The lowest BCUT2D eigenvalue weighted by Gasteiger charge is -2.45. The molecule has 2 aliphatic rings. The highest BCUT2D eigenvalue weighted by Crippen LogP contribution is 2.36. The predicted molar refractivity (Wildman–Crippen MR) is 86.9 cm³/mol. The number of hydrogen-bond acceptors (Lipinski definition) is 3. The van der Waals surface area contributed by atoms with Crippen LogP contribution >= 0.6 is 0 Å². The van der Waals surface area contributed by atoms with Crippen molar-refractivity contribution >= 4 is 5.91 Å². The van der Waals surface area contributed by atoms with Crippen molar-refractivity contribution in [2.75, 3.05) is 26.7 Å². The van der Waals surface area contributed by atoms with Crippen LogP contribution in [-0.4, -0.2) is 43.5 Å². The number of nitrogens with two attached hydrogens (primary N) is 1. The number of rotatable bonds is 5. The highest BCUT2D eigenvalue weighted by Gasteiger charge is 2.36. The van der Waals surface area contributed by atoms with Gasteiger partial charge in [-0.15, -0.1) is 0 Å². The predicted octanol–water partition coefficient (Wildman–Crippen LogP) is 1.99. The maximum absolute atomic E-state index is 12.0. The molecule has 0 aromatic rings. The monoisotopic (exact) mass is 295 g/mol. The van der Waals surface area contributed by atoms with Gasteiger partial charge in [0.25, 0.3) is 0 Å². The fourth-order valence-electron chi connectivity index (χ4n) is 4.41. The zero-order valence-corrected chi connectivity index (χ0v) is 13.8. The van der Waals surface area contributed by atoms with Gasteiger partial charge >= 0.3 is 0 Å². The van der Waals surface area contributed by atoms with E-state index in [1.54, 1.807) is 7.05 Å². The third kappa shape index (κ3) is 4.19. The molecule has 1 saturated carbocycles. The number of piperidine rings is 1. The van der Waals surface area contributed by atoms with Gasteiger partial charge in [0.05, 0.1) is 5.92 Å². The van der Waals surface area contributed by atoms with Crippen LogP contribution in [0.15, 0.2) is 0 Å². The largest absolute Gasteiger partial charge is 0.359 e. The van der Waals surface area contributed by atoms with Crippen molar-refractivity contribution in [1.82, 2.24) is 10.2 Å². The molecule has 0 aromatic carbocycles. The third-order valence-corrected chi connectivity index (χ3v) is 5.60. The van der Waals surface area contributed by atoms with Crippen LogP contribution in [0, 0.1) is 17.8 Å². The van der Waals surface area contributed by atoms with Crippen LogP contribution in [-0.2, 0) is 4.79 Å². The minimum Gasteiger partial charge on any atom is -0.359 e. The molecule has 122 valence electrons. The molecule has 1 aliphatic carbocycles. The van der Waals surface area contributed by atoms with E-state index in [2.05, 4.69) is 17.1 Å². The highest BCUT2D eigenvalue weighted by atomic mass is 16.1. The smallest absolute Gasteiger partial charge is 0.224 e. The summed E-state index contributed by atoms with van der Waals surface area (Å²) in [5, 5.41) is 2.82.